The van der Waals surface area contributed by atoms with Crippen molar-refractivity contribution in [3.8, 4) is 0 Å². The third-order valence-corrected chi connectivity index (χ3v) is 6.72. The molecule has 0 aromatic carbocycles. The van der Waals surface area contributed by atoms with Gasteiger partial charge in [0.25, 0.3) is 0 Å². The Morgan fingerprint density at radius 2 is 1.93 bits per heavy atom. The summed E-state index contributed by atoms with van der Waals surface area (Å²) in [4.78, 5) is 11.1. The van der Waals surface area contributed by atoms with Crippen LogP contribution in [0.5, 0.6) is 0 Å². The minimum atomic E-state index is -1.26. The number of hydrogen-bond acceptors (Lipinski definition) is 3. The van der Waals surface area contributed by atoms with Gasteiger partial charge in [-0.2, -0.15) is 0 Å². The van der Waals surface area contributed by atoms with E-state index in [0.29, 0.717) is 12.2 Å². The molecule has 0 aliphatic rings. The molecule has 0 radical (unpaired) electrons. The minimum Gasteiger partial charge on any atom is -0.462 e. The van der Waals surface area contributed by atoms with E-state index in [4.69, 9.17) is 4.74 Å². The van der Waals surface area contributed by atoms with Crippen LogP contribution < -0.4 is 0 Å². The highest BCUT2D eigenvalue weighted by molar-refractivity contribution is 6.74. The second-order valence-electron chi connectivity index (χ2n) is 4.73. The first kappa shape index (κ1) is 14.4. The Balaban J connectivity index is 3.72. The number of carbonyl (C=O) groups excluding carboxylic acids is 1. The van der Waals surface area contributed by atoms with E-state index >= 15 is 0 Å². The second kappa shape index (κ2) is 6.08. The van der Waals surface area contributed by atoms with Gasteiger partial charge in [-0.1, -0.05) is 19.7 Å². The van der Waals surface area contributed by atoms with E-state index in [1.165, 1.54) is 0 Å². The fourth-order valence-corrected chi connectivity index (χ4v) is 2.47. The normalized spacial score (nSPS) is 11.6. The van der Waals surface area contributed by atoms with Crippen molar-refractivity contribution in [3.63, 3.8) is 0 Å². The smallest absolute Gasteiger partial charge is 0.333 e. The molecule has 0 spiro atoms. The monoisotopic (exact) mass is 229 g/mol. The van der Waals surface area contributed by atoms with Crippen LogP contribution >= 0.6 is 0 Å². The molecule has 0 aliphatic carbocycles. The number of rotatable bonds is 6. The highest BCUT2D eigenvalue weighted by Crippen LogP contribution is 2.14. The first-order valence-electron chi connectivity index (χ1n) is 5.27. The summed E-state index contributed by atoms with van der Waals surface area (Å²) in [7, 11) is 2.97. The Labute approximate surface area is 94.2 Å². The highest BCUT2D eigenvalue weighted by Gasteiger charge is 2.22. The number of hydrogen-bond donors (Lipinski definition) is 0. The van der Waals surface area contributed by atoms with Gasteiger partial charge in [0.2, 0.25) is 0 Å². The zero-order valence-corrected chi connectivity index (χ0v) is 11.6. The predicted octanol–water partition coefficient (Wildman–Crippen LogP) is 2.26. The molecule has 0 aromatic rings. The molecule has 3 nitrogen and oxygen atoms in total. The Morgan fingerprint density at radius 3 is 2.33 bits per heavy atom. The van der Waals surface area contributed by atoms with Gasteiger partial charge in [-0.3, -0.25) is 0 Å². The predicted molar refractivity (Wildman–Crippen MR) is 66.4 cm³/mol. The van der Waals surface area contributed by atoms with Crippen LogP contribution in [0.4, 0.5) is 0 Å². The van der Waals surface area contributed by atoms with Crippen molar-refractivity contribution in [3.05, 3.63) is 12.2 Å². The number of carbonyl (C=O) groups is 1. The standard InChI is InChI=1S/C11H23NO2Si/c1-10(2)11(13)14-8-7-9-15(5,6)12(3)4/h1,7-9H2,2-6H3. The summed E-state index contributed by atoms with van der Waals surface area (Å²) in [5.41, 5.74) is 0.471. The van der Waals surface area contributed by atoms with E-state index in [-0.39, 0.29) is 5.97 Å². The molecule has 4 heteroatoms. The summed E-state index contributed by atoms with van der Waals surface area (Å²) in [5, 5.41) is 0. The second-order valence-corrected chi connectivity index (χ2v) is 9.75. The number of nitrogens with zero attached hydrogens (tertiary/aromatic N) is 1. The summed E-state index contributed by atoms with van der Waals surface area (Å²) < 4.78 is 7.36. The Kier molecular flexibility index (Phi) is 5.83. The van der Waals surface area contributed by atoms with Crippen LogP contribution in [-0.2, 0) is 9.53 Å². The Morgan fingerprint density at radius 1 is 1.40 bits per heavy atom. The maximum absolute atomic E-state index is 11.1. The van der Waals surface area contributed by atoms with E-state index in [1.807, 2.05) is 0 Å². The van der Waals surface area contributed by atoms with Crippen molar-refractivity contribution in [2.24, 2.45) is 0 Å². The van der Waals surface area contributed by atoms with Gasteiger partial charge in [-0.25, -0.2) is 4.79 Å². The summed E-state index contributed by atoms with van der Waals surface area (Å²) in [6.07, 6.45) is 0.941. The van der Waals surface area contributed by atoms with Crippen molar-refractivity contribution in [2.45, 2.75) is 32.5 Å². The molecule has 0 rings (SSSR count). The summed E-state index contributed by atoms with van der Waals surface area (Å²) >= 11 is 0. The number of ether oxygens (including phenoxy) is 1. The van der Waals surface area contributed by atoms with Gasteiger partial charge >= 0.3 is 5.97 Å². The molecule has 0 aliphatic heterocycles. The zero-order chi connectivity index (χ0) is 12.1. The lowest BCUT2D eigenvalue weighted by Gasteiger charge is -2.30. The molecular formula is C11H23NO2Si. The van der Waals surface area contributed by atoms with E-state index in [2.05, 4.69) is 38.3 Å². The molecule has 0 bridgehead atoms. The molecule has 0 atom stereocenters. The van der Waals surface area contributed by atoms with Crippen molar-refractivity contribution in [1.82, 2.24) is 4.57 Å². The average molecular weight is 229 g/mol. The quantitative estimate of drug-likeness (QED) is 0.303. The maximum atomic E-state index is 11.1. The van der Waals surface area contributed by atoms with Crippen molar-refractivity contribution in [1.29, 1.82) is 0 Å². The topological polar surface area (TPSA) is 29.5 Å². The first-order valence-corrected chi connectivity index (χ1v) is 8.43. The van der Waals surface area contributed by atoms with E-state index in [9.17, 15) is 4.79 Å². The summed E-state index contributed by atoms with van der Waals surface area (Å²) in [6, 6.07) is 1.14. The molecule has 0 aromatic heterocycles. The fraction of sp³-hybridized carbons (Fsp3) is 0.727. The molecule has 0 fully saturated rings. The van der Waals surface area contributed by atoms with Gasteiger partial charge < -0.3 is 9.30 Å². The third kappa shape index (κ3) is 5.74. The van der Waals surface area contributed by atoms with E-state index in [0.717, 1.165) is 12.5 Å². The Hall–Kier alpha value is -0.613. The fourth-order valence-electron chi connectivity index (χ4n) is 1.02. The first-order chi connectivity index (χ1) is 6.77. The molecule has 0 amide bonds. The lowest BCUT2D eigenvalue weighted by Crippen LogP contribution is -2.43. The molecule has 15 heavy (non-hydrogen) atoms. The van der Waals surface area contributed by atoms with E-state index < -0.39 is 8.24 Å². The van der Waals surface area contributed by atoms with Gasteiger partial charge in [0, 0.05) is 5.57 Å². The molecule has 0 heterocycles. The molecule has 0 N–H and O–H groups in total. The maximum Gasteiger partial charge on any atom is 0.333 e. The van der Waals surface area contributed by atoms with Gasteiger partial charge in [-0.05, 0) is 33.5 Å². The highest BCUT2D eigenvalue weighted by atomic mass is 28.3. The molecular weight excluding hydrogens is 206 g/mol. The molecule has 0 saturated carbocycles. The van der Waals surface area contributed by atoms with E-state index in [1.54, 1.807) is 6.92 Å². The third-order valence-electron chi connectivity index (χ3n) is 2.73. The van der Waals surface area contributed by atoms with Crippen molar-refractivity contribution in [2.75, 3.05) is 20.7 Å². The SMILES string of the molecule is C=C(C)C(=O)OCCC[Si](C)(C)N(C)C. The zero-order valence-electron chi connectivity index (χ0n) is 10.6. The summed E-state index contributed by atoms with van der Waals surface area (Å²) in [6.45, 7) is 10.3. The van der Waals surface area contributed by atoms with Gasteiger partial charge in [0.15, 0.2) is 0 Å². The van der Waals surface area contributed by atoms with Crippen LogP contribution in [0, 0.1) is 0 Å². The molecule has 88 valence electrons. The molecule has 0 saturated heterocycles. The lowest BCUT2D eigenvalue weighted by atomic mass is 10.4. The van der Waals surface area contributed by atoms with Gasteiger partial charge in [-0.15, -0.1) is 0 Å². The Bertz CT molecular complexity index is 237. The minimum absolute atomic E-state index is 0.278. The van der Waals surface area contributed by atoms with Crippen molar-refractivity contribution < 1.29 is 9.53 Å². The van der Waals surface area contributed by atoms with Crippen LogP contribution in [0.3, 0.4) is 0 Å². The van der Waals surface area contributed by atoms with Crippen LogP contribution in [0.25, 0.3) is 0 Å². The van der Waals surface area contributed by atoms with Crippen molar-refractivity contribution >= 4 is 14.2 Å². The van der Waals surface area contributed by atoms with Crippen LogP contribution in [0.15, 0.2) is 12.2 Å². The van der Waals surface area contributed by atoms with Crippen LogP contribution in [-0.4, -0.2) is 39.5 Å². The lowest BCUT2D eigenvalue weighted by molar-refractivity contribution is -0.138. The summed E-state index contributed by atoms with van der Waals surface area (Å²) in [5.74, 6) is -0.278. The average Bonchev–Trinajstić information content (AvgIpc) is 2.11. The van der Waals surface area contributed by atoms with Crippen LogP contribution in [0.1, 0.15) is 13.3 Å². The van der Waals surface area contributed by atoms with Crippen LogP contribution in [0.2, 0.25) is 19.1 Å². The van der Waals surface area contributed by atoms with Gasteiger partial charge in [0.05, 0.1) is 6.61 Å². The molecule has 0 unspecified atom stereocenters. The largest absolute Gasteiger partial charge is 0.462 e. The number of esters is 1. The van der Waals surface area contributed by atoms with Gasteiger partial charge in [0.1, 0.15) is 8.24 Å².